The Balaban J connectivity index is 1.43. The summed E-state index contributed by atoms with van der Waals surface area (Å²) in [5.74, 6) is 1.90. The molecule has 206 valence electrons. The van der Waals surface area contributed by atoms with Gasteiger partial charge in [-0.25, -0.2) is 14.7 Å². The highest BCUT2D eigenvalue weighted by molar-refractivity contribution is 6.51. The minimum Gasteiger partial charge on any atom is -0.337 e. The summed E-state index contributed by atoms with van der Waals surface area (Å²) in [6, 6.07) is 33.3. The van der Waals surface area contributed by atoms with Crippen molar-refractivity contribution in [1.29, 1.82) is 0 Å². The molecule has 1 aromatic heterocycles. The molecule has 5 aromatic rings. The van der Waals surface area contributed by atoms with Crippen LogP contribution in [0.25, 0.3) is 5.69 Å². The van der Waals surface area contributed by atoms with E-state index in [2.05, 4.69) is 33.7 Å². The van der Waals surface area contributed by atoms with E-state index in [1.807, 2.05) is 96.5 Å². The third-order valence-corrected chi connectivity index (χ3v) is 7.54. The van der Waals surface area contributed by atoms with Crippen molar-refractivity contribution in [2.75, 3.05) is 15.5 Å². The molecule has 7 rings (SSSR count). The lowest BCUT2D eigenvalue weighted by atomic mass is 9.93. The molecule has 2 aliphatic rings. The summed E-state index contributed by atoms with van der Waals surface area (Å²) >= 11 is 6.33. The van der Waals surface area contributed by atoms with E-state index in [9.17, 15) is 4.79 Å². The molecule has 1 amide bonds. The number of anilines is 3. The minimum atomic E-state index is -0.238. The molecule has 1 atom stereocenters. The summed E-state index contributed by atoms with van der Waals surface area (Å²) in [7, 11) is 0. The van der Waals surface area contributed by atoms with Gasteiger partial charge >= 0.3 is 0 Å². The second kappa shape index (κ2) is 10.3. The Kier molecular flexibility index (Phi) is 6.32. The Morgan fingerprint density at radius 3 is 2.26 bits per heavy atom. The zero-order valence-corrected chi connectivity index (χ0v) is 23.7. The van der Waals surface area contributed by atoms with Gasteiger partial charge in [-0.3, -0.25) is 4.79 Å². The number of nitrogens with one attached hydrogen (secondary N) is 2. The first kappa shape index (κ1) is 25.7. The molecule has 9 heteroatoms. The zero-order valence-electron chi connectivity index (χ0n) is 22.9. The fraction of sp³-hybridized carbons (Fsp3) is 0.0909. The van der Waals surface area contributed by atoms with Gasteiger partial charge in [0.2, 0.25) is 5.91 Å². The number of aromatic nitrogens is 2. The van der Waals surface area contributed by atoms with Crippen LogP contribution in [0.4, 0.5) is 28.6 Å². The first-order chi connectivity index (χ1) is 20.5. The normalized spacial score (nSPS) is 15.1. The summed E-state index contributed by atoms with van der Waals surface area (Å²) < 4.78 is 1.90. The number of amides is 1. The lowest BCUT2D eigenvalue weighted by Crippen LogP contribution is -2.46. The van der Waals surface area contributed by atoms with Crippen LogP contribution < -0.4 is 15.5 Å². The van der Waals surface area contributed by atoms with E-state index >= 15 is 0 Å². The average molecular weight is 572 g/mol. The van der Waals surface area contributed by atoms with Crippen LogP contribution in [-0.4, -0.2) is 27.4 Å². The Labute approximate surface area is 248 Å². The van der Waals surface area contributed by atoms with E-state index < -0.39 is 0 Å². The van der Waals surface area contributed by atoms with Gasteiger partial charge in [0.1, 0.15) is 0 Å². The van der Waals surface area contributed by atoms with Crippen molar-refractivity contribution in [1.82, 2.24) is 9.78 Å². The molecule has 3 heterocycles. The summed E-state index contributed by atoms with van der Waals surface area (Å²) in [6.07, 6.45) is 0. The van der Waals surface area contributed by atoms with Crippen molar-refractivity contribution >= 4 is 57.7 Å². The zero-order chi connectivity index (χ0) is 28.8. The number of amidine groups is 2. The number of aliphatic imine (C=N–C) groups is 2. The monoisotopic (exact) mass is 571 g/mol. The van der Waals surface area contributed by atoms with Crippen LogP contribution in [0.2, 0.25) is 5.02 Å². The highest BCUT2D eigenvalue weighted by Crippen LogP contribution is 2.48. The minimum absolute atomic E-state index is 0.120. The average Bonchev–Trinajstić information content (AvgIpc) is 3.34. The molecule has 0 aliphatic carbocycles. The van der Waals surface area contributed by atoms with E-state index in [1.165, 1.54) is 6.92 Å². The van der Waals surface area contributed by atoms with Crippen molar-refractivity contribution < 1.29 is 4.79 Å². The molecule has 2 aliphatic heterocycles. The highest BCUT2D eigenvalue weighted by atomic mass is 35.5. The maximum absolute atomic E-state index is 11.5. The standard InChI is InChI=1S/C33H26ClN7O/c1-20-29-30(22-12-14-23(34)15-13-22)40-28-11-7-6-10-27(28)37-31(36-25-18-16-24(17-19-25)35-21(2)42)33(40)38-32(29)41(39-20)26-8-4-3-5-9-26/h3-19,30H,1-2H3,(H,35,42)(H,36,37)/t30-/m1/s1. The molecule has 42 heavy (non-hydrogen) atoms. The number of para-hydroxylation sites is 3. The number of fused-ring (bicyclic) bond motifs is 4. The molecular formula is C33H26ClN7O. The second-order valence-corrected chi connectivity index (χ2v) is 10.6. The van der Waals surface area contributed by atoms with Gasteiger partial charge in [-0.05, 0) is 73.2 Å². The van der Waals surface area contributed by atoms with E-state index in [4.69, 9.17) is 26.7 Å². The van der Waals surface area contributed by atoms with Crippen LogP contribution >= 0.6 is 11.6 Å². The van der Waals surface area contributed by atoms with Crippen LogP contribution in [0.5, 0.6) is 0 Å². The number of benzene rings is 4. The van der Waals surface area contributed by atoms with Gasteiger partial charge in [-0.1, -0.05) is 54.1 Å². The Morgan fingerprint density at radius 2 is 1.52 bits per heavy atom. The maximum atomic E-state index is 11.5. The molecular weight excluding hydrogens is 546 g/mol. The van der Waals surface area contributed by atoms with Crippen LogP contribution in [0.1, 0.15) is 29.8 Å². The van der Waals surface area contributed by atoms with Crippen LogP contribution in [0.3, 0.4) is 0 Å². The summed E-state index contributed by atoms with van der Waals surface area (Å²) in [5.41, 5.74) is 7.18. The molecule has 0 fully saturated rings. The molecule has 0 bridgehead atoms. The van der Waals surface area contributed by atoms with Gasteiger partial charge in [-0.2, -0.15) is 5.10 Å². The number of hydrogen-bond donors (Lipinski definition) is 2. The number of aryl methyl sites for hydroxylation is 1. The van der Waals surface area contributed by atoms with Gasteiger partial charge in [0, 0.05) is 28.9 Å². The number of hydrogen-bond acceptors (Lipinski definition) is 6. The fourth-order valence-corrected chi connectivity index (χ4v) is 5.61. The number of rotatable bonds is 4. The van der Waals surface area contributed by atoms with Gasteiger partial charge < -0.3 is 15.5 Å². The number of carbonyl (C=O) groups is 1. The van der Waals surface area contributed by atoms with E-state index in [0.29, 0.717) is 16.7 Å². The largest absolute Gasteiger partial charge is 0.337 e. The molecule has 0 radical (unpaired) electrons. The number of halogens is 1. The SMILES string of the molecule is CC(=O)Nc1ccc(NC2=Nc3ccccc3N3C2=Nc2c(c(C)nn2-c2ccccc2)[C@H]3c2ccc(Cl)cc2)cc1. The summed E-state index contributed by atoms with van der Waals surface area (Å²) in [5, 5.41) is 11.9. The van der Waals surface area contributed by atoms with E-state index in [-0.39, 0.29) is 11.9 Å². The lowest BCUT2D eigenvalue weighted by Gasteiger charge is -2.40. The van der Waals surface area contributed by atoms with Crippen molar-refractivity contribution in [3.8, 4) is 5.69 Å². The van der Waals surface area contributed by atoms with Crippen molar-refractivity contribution in [2.24, 2.45) is 9.98 Å². The van der Waals surface area contributed by atoms with Gasteiger partial charge in [-0.15, -0.1) is 0 Å². The molecule has 4 aromatic carbocycles. The molecule has 0 spiro atoms. The molecule has 0 saturated heterocycles. The molecule has 2 N–H and O–H groups in total. The quantitative estimate of drug-likeness (QED) is 0.233. The van der Waals surface area contributed by atoms with Gasteiger partial charge in [0.05, 0.1) is 28.8 Å². The van der Waals surface area contributed by atoms with E-state index in [1.54, 1.807) is 0 Å². The van der Waals surface area contributed by atoms with Gasteiger partial charge in [0.25, 0.3) is 0 Å². The number of carbonyl (C=O) groups excluding carboxylic acids is 1. The summed E-state index contributed by atoms with van der Waals surface area (Å²) in [4.78, 5) is 24.0. The summed E-state index contributed by atoms with van der Waals surface area (Å²) in [6.45, 7) is 3.52. The molecule has 8 nitrogen and oxygen atoms in total. The topological polar surface area (TPSA) is 86.9 Å². The predicted octanol–water partition coefficient (Wildman–Crippen LogP) is 7.59. The Bertz CT molecular complexity index is 1880. The van der Waals surface area contributed by atoms with E-state index in [0.717, 1.165) is 51.1 Å². The van der Waals surface area contributed by atoms with Crippen LogP contribution in [0.15, 0.2) is 113 Å². The smallest absolute Gasteiger partial charge is 0.221 e. The van der Waals surface area contributed by atoms with Crippen molar-refractivity contribution in [2.45, 2.75) is 19.9 Å². The second-order valence-electron chi connectivity index (χ2n) is 10.2. The van der Waals surface area contributed by atoms with Crippen LogP contribution in [0, 0.1) is 6.92 Å². The Hall–Kier alpha value is -5.21. The number of nitrogens with zero attached hydrogens (tertiary/aromatic N) is 5. The van der Waals surface area contributed by atoms with Crippen molar-refractivity contribution in [3.05, 3.63) is 125 Å². The van der Waals surface area contributed by atoms with Crippen LogP contribution in [-0.2, 0) is 4.79 Å². The first-order valence-electron chi connectivity index (χ1n) is 13.6. The third-order valence-electron chi connectivity index (χ3n) is 7.29. The highest BCUT2D eigenvalue weighted by Gasteiger charge is 2.41. The predicted molar refractivity (Wildman–Crippen MR) is 169 cm³/mol. The maximum Gasteiger partial charge on any atom is 0.221 e. The first-order valence-corrected chi connectivity index (χ1v) is 13.9. The Morgan fingerprint density at radius 1 is 0.833 bits per heavy atom. The van der Waals surface area contributed by atoms with Crippen molar-refractivity contribution in [3.63, 3.8) is 0 Å². The van der Waals surface area contributed by atoms with Gasteiger partial charge in [0.15, 0.2) is 17.5 Å². The third kappa shape index (κ3) is 4.52. The molecule has 0 saturated carbocycles. The fourth-order valence-electron chi connectivity index (χ4n) is 5.48. The molecule has 0 unspecified atom stereocenters. The lowest BCUT2D eigenvalue weighted by molar-refractivity contribution is -0.114.